The lowest BCUT2D eigenvalue weighted by molar-refractivity contribution is 0.171. The van der Waals surface area contributed by atoms with Crippen LogP contribution in [0.25, 0.3) is 22.8 Å². The average molecular weight is 451 g/mol. The monoisotopic (exact) mass is 451 g/mol. The lowest BCUT2D eigenvalue weighted by Gasteiger charge is -2.19. The molecule has 3 aromatic heterocycles. The van der Waals surface area contributed by atoms with Gasteiger partial charge in [0.15, 0.2) is 32.1 Å². The SMILES string of the molecule is CS(=O)(=O)c1cc(-n2ccc(=O)c(-c3ccnn3-c3ccc4c(c3)OCCO4)n2)ccn1. The van der Waals surface area contributed by atoms with Gasteiger partial charge in [0.05, 0.1) is 23.3 Å². The van der Waals surface area contributed by atoms with E-state index in [1.165, 1.54) is 29.2 Å². The smallest absolute Gasteiger partial charge is 0.209 e. The molecule has 1 aromatic carbocycles. The lowest BCUT2D eigenvalue weighted by atomic mass is 10.2. The Balaban J connectivity index is 1.60. The molecule has 11 heteroatoms. The molecule has 0 saturated heterocycles. The highest BCUT2D eigenvalue weighted by Gasteiger charge is 2.18. The standard InChI is InChI=1S/C21H17N5O5S/c1-32(28,29)20-13-14(4-7-22-20)25-9-6-17(27)21(24-25)16-5-8-23-26(16)15-2-3-18-19(12-15)31-11-10-30-18/h2-9,12-13H,10-11H2,1H3. The number of rotatable bonds is 4. The van der Waals surface area contributed by atoms with Gasteiger partial charge >= 0.3 is 0 Å². The molecular formula is C21H17N5O5S. The largest absolute Gasteiger partial charge is 0.486 e. The van der Waals surface area contributed by atoms with E-state index in [1.807, 2.05) is 6.07 Å². The molecule has 0 bridgehead atoms. The van der Waals surface area contributed by atoms with Gasteiger partial charge in [0.1, 0.15) is 13.2 Å². The van der Waals surface area contributed by atoms with E-state index in [4.69, 9.17) is 9.47 Å². The Hall–Kier alpha value is -3.99. The minimum atomic E-state index is -3.50. The zero-order chi connectivity index (χ0) is 22.3. The van der Waals surface area contributed by atoms with Crippen LogP contribution >= 0.6 is 0 Å². The van der Waals surface area contributed by atoms with E-state index in [9.17, 15) is 13.2 Å². The van der Waals surface area contributed by atoms with Crippen molar-refractivity contribution in [2.45, 2.75) is 5.03 Å². The number of aromatic nitrogens is 5. The van der Waals surface area contributed by atoms with Crippen molar-refractivity contribution in [1.82, 2.24) is 24.5 Å². The van der Waals surface area contributed by atoms with E-state index in [-0.39, 0.29) is 16.1 Å². The minimum absolute atomic E-state index is 0.0848. The average Bonchev–Trinajstić information content (AvgIpc) is 3.28. The first-order valence-corrected chi connectivity index (χ1v) is 11.5. The Bertz CT molecular complexity index is 1490. The first-order chi connectivity index (χ1) is 15.4. The number of sulfone groups is 1. The Kier molecular flexibility index (Phi) is 4.74. The molecule has 0 atom stereocenters. The maximum Gasteiger partial charge on any atom is 0.209 e. The van der Waals surface area contributed by atoms with Gasteiger partial charge in [0.2, 0.25) is 5.43 Å². The Labute approximate surface area is 182 Å². The molecule has 1 aliphatic rings. The second kappa shape index (κ2) is 7.61. The van der Waals surface area contributed by atoms with E-state index in [0.717, 1.165) is 6.26 Å². The van der Waals surface area contributed by atoms with Crippen LogP contribution in [-0.4, -0.2) is 52.4 Å². The summed E-state index contributed by atoms with van der Waals surface area (Å²) in [5, 5.41) is 8.71. The highest BCUT2D eigenvalue weighted by molar-refractivity contribution is 7.90. The van der Waals surface area contributed by atoms with Crippen LogP contribution in [0.1, 0.15) is 0 Å². The maximum absolute atomic E-state index is 12.7. The Morgan fingerprint density at radius 3 is 2.56 bits per heavy atom. The molecule has 0 N–H and O–H groups in total. The minimum Gasteiger partial charge on any atom is -0.486 e. The first kappa shape index (κ1) is 19.9. The molecule has 0 aliphatic carbocycles. The van der Waals surface area contributed by atoms with E-state index >= 15 is 0 Å². The number of benzene rings is 1. The summed E-state index contributed by atoms with van der Waals surface area (Å²) in [4.78, 5) is 16.6. The van der Waals surface area contributed by atoms with Crippen LogP contribution in [0.2, 0.25) is 0 Å². The summed E-state index contributed by atoms with van der Waals surface area (Å²) in [6, 6.07) is 11.4. The van der Waals surface area contributed by atoms with Crippen LogP contribution in [0.15, 0.2) is 70.9 Å². The normalized spacial score (nSPS) is 13.2. The van der Waals surface area contributed by atoms with Crippen molar-refractivity contribution in [3.63, 3.8) is 0 Å². The number of pyridine rings is 1. The van der Waals surface area contributed by atoms with Crippen molar-refractivity contribution in [1.29, 1.82) is 0 Å². The number of fused-ring (bicyclic) bond motifs is 1. The molecule has 4 aromatic rings. The van der Waals surface area contributed by atoms with E-state index in [2.05, 4.69) is 15.2 Å². The van der Waals surface area contributed by atoms with Crippen LogP contribution in [0.4, 0.5) is 0 Å². The molecule has 4 heterocycles. The zero-order valence-corrected chi connectivity index (χ0v) is 17.7. The predicted molar refractivity (Wildman–Crippen MR) is 114 cm³/mol. The third-order valence-electron chi connectivity index (χ3n) is 4.83. The quantitative estimate of drug-likeness (QED) is 0.460. The molecule has 5 rings (SSSR count). The molecule has 0 unspecified atom stereocenters. The van der Waals surface area contributed by atoms with Gasteiger partial charge < -0.3 is 9.47 Å². The molecule has 1 aliphatic heterocycles. The van der Waals surface area contributed by atoms with Gasteiger partial charge in [-0.25, -0.2) is 22.8 Å². The molecule has 10 nitrogen and oxygen atoms in total. The van der Waals surface area contributed by atoms with Gasteiger partial charge in [-0.2, -0.15) is 10.2 Å². The summed E-state index contributed by atoms with van der Waals surface area (Å²) in [5.74, 6) is 1.24. The van der Waals surface area contributed by atoms with Crippen molar-refractivity contribution in [2.24, 2.45) is 0 Å². The maximum atomic E-state index is 12.7. The fraction of sp³-hybridized carbons (Fsp3) is 0.143. The molecule has 0 saturated carbocycles. The summed E-state index contributed by atoms with van der Waals surface area (Å²) in [5.41, 5.74) is 1.44. The van der Waals surface area contributed by atoms with E-state index < -0.39 is 9.84 Å². The number of hydrogen-bond donors (Lipinski definition) is 0. The van der Waals surface area contributed by atoms with Crippen LogP contribution in [0, 0.1) is 0 Å². The Morgan fingerprint density at radius 2 is 1.75 bits per heavy atom. The van der Waals surface area contributed by atoms with Gasteiger partial charge in [-0.3, -0.25) is 4.79 Å². The molecule has 0 radical (unpaired) electrons. The van der Waals surface area contributed by atoms with Crippen molar-refractivity contribution in [2.75, 3.05) is 19.5 Å². The molecule has 0 fully saturated rings. The lowest BCUT2D eigenvalue weighted by Crippen LogP contribution is -2.16. The summed E-state index contributed by atoms with van der Waals surface area (Å²) in [7, 11) is -3.50. The topological polar surface area (TPSA) is 118 Å². The summed E-state index contributed by atoms with van der Waals surface area (Å²) in [6.07, 6.45) is 5.50. The number of nitrogens with zero attached hydrogens (tertiary/aromatic N) is 5. The molecule has 162 valence electrons. The fourth-order valence-corrected chi connectivity index (χ4v) is 3.91. The first-order valence-electron chi connectivity index (χ1n) is 9.61. The van der Waals surface area contributed by atoms with Gasteiger partial charge in [-0.15, -0.1) is 0 Å². The summed E-state index contributed by atoms with van der Waals surface area (Å²) < 4.78 is 37.9. The van der Waals surface area contributed by atoms with Gasteiger partial charge in [-0.1, -0.05) is 0 Å². The zero-order valence-electron chi connectivity index (χ0n) is 16.9. The second-order valence-electron chi connectivity index (χ2n) is 7.05. The molecular weight excluding hydrogens is 434 g/mol. The summed E-state index contributed by atoms with van der Waals surface area (Å²) in [6.45, 7) is 0.942. The highest BCUT2D eigenvalue weighted by atomic mass is 32.2. The second-order valence-corrected chi connectivity index (χ2v) is 9.02. The van der Waals surface area contributed by atoms with E-state index in [0.29, 0.717) is 41.8 Å². The van der Waals surface area contributed by atoms with Crippen molar-refractivity contribution < 1.29 is 17.9 Å². The van der Waals surface area contributed by atoms with Crippen molar-refractivity contribution in [3.8, 4) is 34.3 Å². The van der Waals surface area contributed by atoms with Crippen LogP contribution in [0.5, 0.6) is 11.5 Å². The van der Waals surface area contributed by atoms with Gasteiger partial charge in [-0.05, 0) is 24.3 Å². The van der Waals surface area contributed by atoms with Crippen molar-refractivity contribution >= 4 is 9.84 Å². The number of ether oxygens (including phenoxy) is 2. The molecule has 32 heavy (non-hydrogen) atoms. The third kappa shape index (κ3) is 3.62. The summed E-state index contributed by atoms with van der Waals surface area (Å²) >= 11 is 0. The number of hydrogen-bond acceptors (Lipinski definition) is 8. The van der Waals surface area contributed by atoms with Crippen LogP contribution < -0.4 is 14.9 Å². The Morgan fingerprint density at radius 1 is 0.938 bits per heavy atom. The fourth-order valence-electron chi connectivity index (χ4n) is 3.33. The van der Waals surface area contributed by atoms with Crippen LogP contribution in [0.3, 0.4) is 0 Å². The predicted octanol–water partition coefficient (Wildman–Crippen LogP) is 1.65. The van der Waals surface area contributed by atoms with E-state index in [1.54, 1.807) is 35.1 Å². The van der Waals surface area contributed by atoms with Gasteiger partial charge in [0, 0.05) is 36.8 Å². The highest BCUT2D eigenvalue weighted by Crippen LogP contribution is 2.32. The van der Waals surface area contributed by atoms with Crippen molar-refractivity contribution in [3.05, 3.63) is 71.3 Å². The third-order valence-corrected chi connectivity index (χ3v) is 5.81. The molecule has 0 spiro atoms. The van der Waals surface area contributed by atoms with Gasteiger partial charge in [0.25, 0.3) is 0 Å². The molecule has 0 amide bonds. The van der Waals surface area contributed by atoms with Crippen LogP contribution in [-0.2, 0) is 9.84 Å².